The molecule has 0 aliphatic heterocycles. The van der Waals surface area contributed by atoms with Gasteiger partial charge < -0.3 is 10.5 Å². The van der Waals surface area contributed by atoms with Crippen LogP contribution in [0.2, 0.25) is 0 Å². The molecular weight excluding hydrogens is 344 g/mol. The molecule has 8 nitrogen and oxygen atoms in total. The zero-order chi connectivity index (χ0) is 18.0. The number of nitrogens with two attached hydrogens (primary N) is 1. The number of hydrogen-bond acceptors (Lipinski definition) is 7. The van der Waals surface area contributed by atoms with Crippen molar-refractivity contribution in [3.05, 3.63) is 52.1 Å². The molecule has 3 aromatic rings. The Bertz CT molecular complexity index is 970. The highest BCUT2D eigenvalue weighted by Crippen LogP contribution is 2.30. The van der Waals surface area contributed by atoms with Gasteiger partial charge in [-0.25, -0.2) is 4.98 Å². The van der Waals surface area contributed by atoms with E-state index < -0.39 is 10.8 Å². The number of anilines is 2. The maximum absolute atomic E-state index is 12.3. The fourth-order valence-electron chi connectivity index (χ4n) is 2.23. The summed E-state index contributed by atoms with van der Waals surface area (Å²) in [6, 6.07) is 9.37. The van der Waals surface area contributed by atoms with Gasteiger partial charge in [-0.2, -0.15) is 0 Å². The summed E-state index contributed by atoms with van der Waals surface area (Å²) in [5.41, 5.74) is 6.10. The molecule has 0 radical (unpaired) electrons. The second kappa shape index (κ2) is 6.73. The number of nitrogen functional groups attached to an aromatic ring is 1. The summed E-state index contributed by atoms with van der Waals surface area (Å²) in [4.78, 5) is 26.9. The van der Waals surface area contributed by atoms with Crippen LogP contribution < -0.4 is 15.8 Å². The number of nitrogens with one attached hydrogen (secondary N) is 1. The van der Waals surface area contributed by atoms with Crippen LogP contribution in [-0.2, 0) is 0 Å². The molecule has 0 saturated carbocycles. The molecule has 1 amide bonds. The van der Waals surface area contributed by atoms with Gasteiger partial charge in [0.2, 0.25) is 0 Å². The minimum Gasteiger partial charge on any atom is -0.494 e. The number of fused-ring (bicyclic) bond motifs is 1. The number of carbonyl (C=O) groups excluding carboxylic acids is 1. The van der Waals surface area contributed by atoms with Crippen molar-refractivity contribution >= 4 is 44.0 Å². The Morgan fingerprint density at radius 1 is 1.36 bits per heavy atom. The van der Waals surface area contributed by atoms with Crippen molar-refractivity contribution in [1.29, 1.82) is 0 Å². The van der Waals surface area contributed by atoms with E-state index in [1.54, 1.807) is 12.1 Å². The molecule has 1 heterocycles. The number of ether oxygens (including phenoxy) is 1. The van der Waals surface area contributed by atoms with Gasteiger partial charge in [0.1, 0.15) is 11.4 Å². The number of rotatable bonds is 5. The first kappa shape index (κ1) is 16.7. The lowest BCUT2D eigenvalue weighted by atomic mass is 10.1. The highest BCUT2D eigenvalue weighted by Gasteiger charge is 2.17. The van der Waals surface area contributed by atoms with Gasteiger partial charge in [0, 0.05) is 11.6 Å². The highest BCUT2D eigenvalue weighted by atomic mass is 32.1. The van der Waals surface area contributed by atoms with Crippen molar-refractivity contribution in [2.75, 3.05) is 17.7 Å². The molecule has 1 aromatic heterocycles. The molecule has 2 aromatic carbocycles. The molecule has 0 atom stereocenters. The first-order valence-corrected chi connectivity index (χ1v) is 8.18. The lowest BCUT2D eigenvalue weighted by Crippen LogP contribution is -2.12. The molecule has 0 bridgehead atoms. The van der Waals surface area contributed by atoms with Crippen molar-refractivity contribution in [3.63, 3.8) is 0 Å². The average Bonchev–Trinajstić information content (AvgIpc) is 2.96. The summed E-state index contributed by atoms with van der Waals surface area (Å²) in [6.45, 7) is 2.46. The summed E-state index contributed by atoms with van der Waals surface area (Å²) in [7, 11) is 0. The van der Waals surface area contributed by atoms with Crippen molar-refractivity contribution in [3.8, 4) is 5.75 Å². The molecule has 0 unspecified atom stereocenters. The van der Waals surface area contributed by atoms with Crippen LogP contribution in [0.5, 0.6) is 5.75 Å². The van der Waals surface area contributed by atoms with Gasteiger partial charge in [-0.15, -0.1) is 0 Å². The fraction of sp³-hybridized carbons (Fsp3) is 0.125. The van der Waals surface area contributed by atoms with Gasteiger partial charge in [0.15, 0.2) is 5.13 Å². The van der Waals surface area contributed by atoms with E-state index in [1.165, 1.54) is 23.5 Å². The summed E-state index contributed by atoms with van der Waals surface area (Å²) in [5.74, 6) is 0.234. The number of carbonyl (C=O) groups is 1. The number of thiazole rings is 1. The average molecular weight is 358 g/mol. The summed E-state index contributed by atoms with van der Waals surface area (Å²) < 4.78 is 6.30. The molecule has 0 aliphatic rings. The molecule has 0 spiro atoms. The third kappa shape index (κ3) is 3.50. The number of nitrogens with zero attached hydrogens (tertiary/aromatic N) is 2. The third-order valence-corrected chi connectivity index (χ3v) is 4.31. The Morgan fingerprint density at radius 2 is 2.16 bits per heavy atom. The topological polar surface area (TPSA) is 120 Å². The zero-order valence-electron chi connectivity index (χ0n) is 13.2. The normalized spacial score (nSPS) is 10.6. The number of benzene rings is 2. The van der Waals surface area contributed by atoms with E-state index in [0.29, 0.717) is 11.7 Å². The van der Waals surface area contributed by atoms with Gasteiger partial charge in [-0.1, -0.05) is 11.3 Å². The number of hydrogen-bond donors (Lipinski definition) is 2. The highest BCUT2D eigenvalue weighted by molar-refractivity contribution is 7.22. The largest absolute Gasteiger partial charge is 0.494 e. The van der Waals surface area contributed by atoms with E-state index in [-0.39, 0.29) is 16.9 Å². The van der Waals surface area contributed by atoms with Crippen molar-refractivity contribution in [2.45, 2.75) is 6.92 Å². The lowest BCUT2D eigenvalue weighted by molar-refractivity contribution is -0.383. The maximum Gasteiger partial charge on any atom is 0.292 e. The van der Waals surface area contributed by atoms with E-state index >= 15 is 0 Å². The Kier molecular flexibility index (Phi) is 4.48. The standard InChI is InChI=1S/C16H14N4O4S/c1-2-24-10-4-6-12-14(8-10)25-16(18-12)19-15(21)9-3-5-11(17)13(7-9)20(22)23/h3-8H,2,17H2,1H3,(H,18,19,21). The molecule has 25 heavy (non-hydrogen) atoms. The Balaban J connectivity index is 1.84. The van der Waals surface area contributed by atoms with Crippen LogP contribution in [0.3, 0.4) is 0 Å². The van der Waals surface area contributed by atoms with Gasteiger partial charge in [-0.3, -0.25) is 20.2 Å². The van der Waals surface area contributed by atoms with E-state index in [4.69, 9.17) is 10.5 Å². The van der Waals surface area contributed by atoms with Crippen LogP contribution in [-0.4, -0.2) is 22.4 Å². The fourth-order valence-corrected chi connectivity index (χ4v) is 3.12. The Morgan fingerprint density at radius 3 is 2.88 bits per heavy atom. The SMILES string of the molecule is CCOc1ccc2nc(NC(=O)c3ccc(N)c([N+](=O)[O-])c3)sc2c1. The van der Waals surface area contributed by atoms with Gasteiger partial charge in [0.25, 0.3) is 11.6 Å². The van der Waals surface area contributed by atoms with Crippen molar-refractivity contribution < 1.29 is 14.5 Å². The Hall–Kier alpha value is -3.20. The third-order valence-electron chi connectivity index (χ3n) is 3.38. The minimum atomic E-state index is -0.626. The van der Waals surface area contributed by atoms with Crippen LogP contribution in [0.15, 0.2) is 36.4 Å². The van der Waals surface area contributed by atoms with Crippen molar-refractivity contribution in [1.82, 2.24) is 4.98 Å². The predicted octanol–water partition coefficient (Wildman–Crippen LogP) is 3.44. The first-order chi connectivity index (χ1) is 12.0. The lowest BCUT2D eigenvalue weighted by Gasteiger charge is -2.03. The molecule has 0 fully saturated rings. The summed E-state index contributed by atoms with van der Waals surface area (Å²) >= 11 is 1.29. The van der Waals surface area contributed by atoms with Crippen LogP contribution in [0, 0.1) is 10.1 Å². The number of aromatic nitrogens is 1. The molecule has 9 heteroatoms. The number of nitro groups is 1. The number of amides is 1. The second-order valence-electron chi connectivity index (χ2n) is 5.07. The Labute approximate surface area is 146 Å². The molecule has 3 rings (SSSR count). The summed E-state index contributed by atoms with van der Waals surface area (Å²) in [5, 5.41) is 14.0. The van der Waals surface area contributed by atoms with Gasteiger partial charge in [-0.05, 0) is 37.3 Å². The van der Waals surface area contributed by atoms with Crippen LogP contribution in [0.4, 0.5) is 16.5 Å². The monoisotopic (exact) mass is 358 g/mol. The predicted molar refractivity (Wildman–Crippen MR) is 96.3 cm³/mol. The van der Waals surface area contributed by atoms with Crippen LogP contribution in [0.25, 0.3) is 10.2 Å². The second-order valence-corrected chi connectivity index (χ2v) is 6.10. The quantitative estimate of drug-likeness (QED) is 0.409. The van der Waals surface area contributed by atoms with Crippen molar-refractivity contribution in [2.24, 2.45) is 0 Å². The number of nitro benzene ring substituents is 1. The molecule has 128 valence electrons. The van der Waals surface area contributed by atoms with Crippen LogP contribution >= 0.6 is 11.3 Å². The zero-order valence-corrected chi connectivity index (χ0v) is 14.0. The molecule has 3 N–H and O–H groups in total. The minimum absolute atomic E-state index is 0.00462. The van der Waals surface area contributed by atoms with E-state index in [1.807, 2.05) is 13.0 Å². The van der Waals surface area contributed by atoms with Crippen LogP contribution in [0.1, 0.15) is 17.3 Å². The maximum atomic E-state index is 12.3. The van der Waals surface area contributed by atoms with Gasteiger partial charge in [0.05, 0.1) is 21.7 Å². The van der Waals surface area contributed by atoms with E-state index in [0.717, 1.165) is 22.0 Å². The van der Waals surface area contributed by atoms with E-state index in [2.05, 4.69) is 10.3 Å². The molecular formula is C16H14N4O4S. The van der Waals surface area contributed by atoms with E-state index in [9.17, 15) is 14.9 Å². The summed E-state index contributed by atoms with van der Waals surface area (Å²) in [6.07, 6.45) is 0. The first-order valence-electron chi connectivity index (χ1n) is 7.36. The van der Waals surface area contributed by atoms with Gasteiger partial charge >= 0.3 is 0 Å². The smallest absolute Gasteiger partial charge is 0.292 e. The molecule has 0 aliphatic carbocycles. The molecule has 0 saturated heterocycles.